The predicted octanol–water partition coefficient (Wildman–Crippen LogP) is 6.86. The SMILES string of the molecule is CC(C)C1CCC2C3CC=C4C[C@@H](C)CC[C@]4(C)C3CC[C@]12C. The predicted molar refractivity (Wildman–Crippen MR) is 99.2 cm³/mol. The summed E-state index contributed by atoms with van der Waals surface area (Å²) in [6.45, 7) is 12.8. The highest BCUT2D eigenvalue weighted by molar-refractivity contribution is 5.25. The van der Waals surface area contributed by atoms with Gasteiger partial charge in [-0.15, -0.1) is 0 Å². The normalized spacial score (nSPS) is 52.6. The van der Waals surface area contributed by atoms with E-state index in [1.807, 2.05) is 5.57 Å². The van der Waals surface area contributed by atoms with Gasteiger partial charge in [0.05, 0.1) is 0 Å². The molecule has 3 saturated carbocycles. The Hall–Kier alpha value is -0.260. The zero-order valence-electron chi connectivity index (χ0n) is 16.2. The summed E-state index contributed by atoms with van der Waals surface area (Å²) in [6.07, 6.45) is 14.5. The van der Waals surface area contributed by atoms with Crippen LogP contribution in [-0.4, -0.2) is 0 Å². The van der Waals surface area contributed by atoms with E-state index in [4.69, 9.17) is 0 Å². The van der Waals surface area contributed by atoms with Gasteiger partial charge in [0, 0.05) is 0 Å². The summed E-state index contributed by atoms with van der Waals surface area (Å²) >= 11 is 0. The average molecular weight is 315 g/mol. The van der Waals surface area contributed by atoms with Crippen molar-refractivity contribution < 1.29 is 0 Å². The Balaban J connectivity index is 1.65. The van der Waals surface area contributed by atoms with Gasteiger partial charge in [-0.25, -0.2) is 0 Å². The van der Waals surface area contributed by atoms with Gasteiger partial charge in [0.1, 0.15) is 0 Å². The maximum absolute atomic E-state index is 2.73. The number of hydrogen-bond donors (Lipinski definition) is 0. The van der Waals surface area contributed by atoms with Crippen LogP contribution in [0.3, 0.4) is 0 Å². The van der Waals surface area contributed by atoms with Gasteiger partial charge in [-0.3, -0.25) is 0 Å². The topological polar surface area (TPSA) is 0 Å². The fourth-order valence-corrected chi connectivity index (χ4v) is 7.98. The van der Waals surface area contributed by atoms with Gasteiger partial charge in [-0.05, 0) is 97.7 Å². The molecule has 4 rings (SSSR count). The molecule has 3 fully saturated rings. The number of allylic oxidation sites excluding steroid dienone is 2. The molecule has 0 aromatic rings. The lowest BCUT2D eigenvalue weighted by Crippen LogP contribution is -2.50. The van der Waals surface area contributed by atoms with Gasteiger partial charge in [-0.1, -0.05) is 46.3 Å². The Morgan fingerprint density at radius 1 is 1.00 bits per heavy atom. The van der Waals surface area contributed by atoms with E-state index >= 15 is 0 Å². The zero-order chi connectivity index (χ0) is 16.4. The van der Waals surface area contributed by atoms with Gasteiger partial charge in [0.25, 0.3) is 0 Å². The van der Waals surface area contributed by atoms with Gasteiger partial charge in [0.15, 0.2) is 0 Å². The van der Waals surface area contributed by atoms with Gasteiger partial charge < -0.3 is 0 Å². The smallest absolute Gasteiger partial charge is 0.00851 e. The minimum atomic E-state index is 0.562. The van der Waals surface area contributed by atoms with Crippen LogP contribution in [0.4, 0.5) is 0 Å². The van der Waals surface area contributed by atoms with E-state index in [1.54, 1.807) is 0 Å². The maximum Gasteiger partial charge on any atom is -0.00851 e. The monoisotopic (exact) mass is 314 g/mol. The molecule has 0 amide bonds. The second-order valence-electron chi connectivity index (χ2n) is 10.6. The van der Waals surface area contributed by atoms with Crippen LogP contribution in [0, 0.1) is 46.3 Å². The standard InChI is InChI=1S/C23H38/c1-15(2)19-8-9-20-18-7-6-17-14-16(3)10-12-22(17,4)21(18)11-13-23(19,20)5/h6,15-16,18-21H,7-14H2,1-5H3/t16-,18?,19?,20?,21?,22-,23+/m0/s1. The molecule has 7 atom stereocenters. The molecule has 0 heterocycles. The first kappa shape index (κ1) is 16.2. The van der Waals surface area contributed by atoms with E-state index in [0.29, 0.717) is 10.8 Å². The molecule has 0 aromatic heterocycles. The molecule has 0 aliphatic heterocycles. The van der Waals surface area contributed by atoms with Crippen molar-refractivity contribution in [1.82, 2.24) is 0 Å². The van der Waals surface area contributed by atoms with E-state index in [-0.39, 0.29) is 0 Å². The molecule has 0 bridgehead atoms. The molecule has 4 aliphatic carbocycles. The first-order chi connectivity index (χ1) is 10.9. The first-order valence-electron chi connectivity index (χ1n) is 10.6. The maximum atomic E-state index is 2.73. The molecule has 0 heteroatoms. The van der Waals surface area contributed by atoms with Crippen molar-refractivity contribution in [3.8, 4) is 0 Å². The van der Waals surface area contributed by atoms with Crippen LogP contribution in [0.2, 0.25) is 0 Å². The second-order valence-corrected chi connectivity index (χ2v) is 10.6. The Kier molecular flexibility index (Phi) is 3.79. The number of hydrogen-bond acceptors (Lipinski definition) is 0. The van der Waals surface area contributed by atoms with Crippen molar-refractivity contribution in [1.29, 1.82) is 0 Å². The van der Waals surface area contributed by atoms with Crippen molar-refractivity contribution in [2.24, 2.45) is 46.3 Å². The Bertz CT molecular complexity index is 500. The van der Waals surface area contributed by atoms with Gasteiger partial charge in [-0.2, -0.15) is 0 Å². The highest BCUT2D eigenvalue weighted by Gasteiger charge is 2.58. The molecular weight excluding hydrogens is 276 g/mol. The van der Waals surface area contributed by atoms with Crippen molar-refractivity contribution in [3.05, 3.63) is 11.6 Å². The Morgan fingerprint density at radius 3 is 2.52 bits per heavy atom. The summed E-state index contributed by atoms with van der Waals surface area (Å²) in [5, 5.41) is 0. The molecular formula is C23H38. The highest BCUT2D eigenvalue weighted by atomic mass is 14.6. The third kappa shape index (κ3) is 2.22. The quantitative estimate of drug-likeness (QED) is 0.464. The molecule has 4 unspecified atom stereocenters. The van der Waals surface area contributed by atoms with E-state index in [2.05, 4.69) is 40.7 Å². The van der Waals surface area contributed by atoms with Gasteiger partial charge in [0.2, 0.25) is 0 Å². The van der Waals surface area contributed by atoms with Gasteiger partial charge >= 0.3 is 0 Å². The molecule has 0 N–H and O–H groups in total. The Labute approximate surface area is 144 Å². The van der Waals surface area contributed by atoms with Crippen molar-refractivity contribution >= 4 is 0 Å². The summed E-state index contributed by atoms with van der Waals surface area (Å²) in [6, 6.07) is 0. The van der Waals surface area contributed by atoms with E-state index < -0.39 is 0 Å². The molecule has 0 radical (unpaired) electrons. The molecule has 0 saturated heterocycles. The summed E-state index contributed by atoms with van der Waals surface area (Å²) < 4.78 is 0. The molecule has 130 valence electrons. The lowest BCUT2D eigenvalue weighted by Gasteiger charge is -2.58. The van der Waals surface area contributed by atoms with Crippen LogP contribution >= 0.6 is 0 Å². The van der Waals surface area contributed by atoms with E-state index in [9.17, 15) is 0 Å². The minimum absolute atomic E-state index is 0.562. The molecule has 0 spiro atoms. The van der Waals surface area contributed by atoms with E-state index in [0.717, 1.165) is 35.5 Å². The minimum Gasteiger partial charge on any atom is -0.0845 e. The fourth-order valence-electron chi connectivity index (χ4n) is 7.98. The average Bonchev–Trinajstić information content (AvgIpc) is 2.85. The van der Waals surface area contributed by atoms with Crippen molar-refractivity contribution in [2.75, 3.05) is 0 Å². The second kappa shape index (κ2) is 5.37. The van der Waals surface area contributed by atoms with Crippen LogP contribution in [0.25, 0.3) is 0 Å². The first-order valence-corrected chi connectivity index (χ1v) is 10.6. The van der Waals surface area contributed by atoms with Crippen LogP contribution in [-0.2, 0) is 0 Å². The van der Waals surface area contributed by atoms with E-state index in [1.165, 1.54) is 51.4 Å². The fraction of sp³-hybridized carbons (Fsp3) is 0.913. The third-order valence-corrected chi connectivity index (χ3v) is 9.23. The summed E-state index contributed by atoms with van der Waals surface area (Å²) in [5.74, 6) is 5.80. The molecule has 0 nitrogen and oxygen atoms in total. The van der Waals surface area contributed by atoms with Crippen LogP contribution < -0.4 is 0 Å². The van der Waals surface area contributed by atoms with Crippen LogP contribution in [0.5, 0.6) is 0 Å². The largest absolute Gasteiger partial charge is 0.0845 e. The third-order valence-electron chi connectivity index (χ3n) is 9.23. The molecule has 23 heavy (non-hydrogen) atoms. The summed E-state index contributed by atoms with van der Waals surface area (Å²) in [4.78, 5) is 0. The van der Waals surface area contributed by atoms with Crippen molar-refractivity contribution in [2.45, 2.75) is 86.0 Å². The number of rotatable bonds is 1. The highest BCUT2D eigenvalue weighted by Crippen LogP contribution is 2.67. The Morgan fingerprint density at radius 2 is 1.78 bits per heavy atom. The van der Waals surface area contributed by atoms with Crippen LogP contribution in [0.15, 0.2) is 11.6 Å². The lowest BCUT2D eigenvalue weighted by atomic mass is 9.46. The van der Waals surface area contributed by atoms with Crippen molar-refractivity contribution in [3.63, 3.8) is 0 Å². The van der Waals surface area contributed by atoms with Crippen LogP contribution in [0.1, 0.15) is 86.0 Å². The molecule has 0 aromatic carbocycles. The lowest BCUT2D eigenvalue weighted by molar-refractivity contribution is -0.0503. The summed E-state index contributed by atoms with van der Waals surface area (Å²) in [7, 11) is 0. The summed E-state index contributed by atoms with van der Waals surface area (Å²) in [5.41, 5.74) is 3.07. The molecule has 4 aliphatic rings. The number of fused-ring (bicyclic) bond motifs is 5. The zero-order valence-corrected chi connectivity index (χ0v) is 16.2.